The van der Waals surface area contributed by atoms with Crippen LogP contribution in [0.2, 0.25) is 0 Å². The van der Waals surface area contributed by atoms with Crippen molar-refractivity contribution in [2.45, 2.75) is 18.9 Å². The van der Waals surface area contributed by atoms with Crippen molar-refractivity contribution in [2.24, 2.45) is 5.92 Å². The fourth-order valence-electron chi connectivity index (χ4n) is 1.42. The van der Waals surface area contributed by atoms with Crippen molar-refractivity contribution in [3.63, 3.8) is 0 Å². The standard InChI is InChI=1S/C10H20N2O2/c1-12(2)10(13)6-11-9(7-14-3)8-4-5-8/h8-9,11H,4-7H2,1-3H3. The summed E-state index contributed by atoms with van der Waals surface area (Å²) in [6, 6.07) is 0.351. The van der Waals surface area contributed by atoms with Gasteiger partial charge in [-0.3, -0.25) is 4.79 Å². The van der Waals surface area contributed by atoms with Gasteiger partial charge in [0.05, 0.1) is 13.2 Å². The second kappa shape index (κ2) is 5.32. The molecule has 1 aliphatic carbocycles. The number of hydrogen-bond donors (Lipinski definition) is 1. The molecule has 14 heavy (non-hydrogen) atoms. The van der Waals surface area contributed by atoms with E-state index in [1.54, 1.807) is 26.1 Å². The minimum atomic E-state index is 0.117. The zero-order valence-electron chi connectivity index (χ0n) is 9.25. The summed E-state index contributed by atoms with van der Waals surface area (Å²) >= 11 is 0. The fraction of sp³-hybridized carbons (Fsp3) is 0.900. The van der Waals surface area contributed by atoms with Crippen LogP contribution in [0.1, 0.15) is 12.8 Å². The Hall–Kier alpha value is -0.610. The van der Waals surface area contributed by atoms with E-state index in [4.69, 9.17) is 4.74 Å². The van der Waals surface area contributed by atoms with Gasteiger partial charge in [0.2, 0.25) is 5.91 Å². The minimum absolute atomic E-state index is 0.117. The van der Waals surface area contributed by atoms with Gasteiger partial charge in [-0.25, -0.2) is 0 Å². The first kappa shape index (κ1) is 11.5. The summed E-state index contributed by atoms with van der Waals surface area (Å²) in [7, 11) is 5.24. The monoisotopic (exact) mass is 200 g/mol. The van der Waals surface area contributed by atoms with Crippen molar-refractivity contribution in [2.75, 3.05) is 34.4 Å². The number of nitrogens with one attached hydrogen (secondary N) is 1. The number of likely N-dealkylation sites (N-methyl/N-ethyl adjacent to an activating group) is 1. The molecular formula is C10H20N2O2. The lowest BCUT2D eigenvalue weighted by Gasteiger charge is -2.18. The van der Waals surface area contributed by atoms with Crippen LogP contribution in [0.25, 0.3) is 0 Å². The Morgan fingerprint density at radius 1 is 1.57 bits per heavy atom. The van der Waals surface area contributed by atoms with Gasteiger partial charge in [-0.15, -0.1) is 0 Å². The van der Waals surface area contributed by atoms with E-state index in [2.05, 4.69) is 5.32 Å². The number of amides is 1. The molecule has 1 fully saturated rings. The number of hydrogen-bond acceptors (Lipinski definition) is 3. The van der Waals surface area contributed by atoms with E-state index in [0.29, 0.717) is 25.1 Å². The molecule has 4 nitrogen and oxygen atoms in total. The Bertz CT molecular complexity index is 191. The first-order valence-electron chi connectivity index (χ1n) is 5.07. The van der Waals surface area contributed by atoms with Crippen LogP contribution in [-0.2, 0) is 9.53 Å². The first-order valence-corrected chi connectivity index (χ1v) is 5.07. The summed E-state index contributed by atoms with van der Waals surface area (Å²) in [5.74, 6) is 0.830. The Labute approximate surface area is 85.6 Å². The van der Waals surface area contributed by atoms with Gasteiger partial charge in [-0.1, -0.05) is 0 Å². The molecule has 0 bridgehead atoms. The lowest BCUT2D eigenvalue weighted by Crippen LogP contribution is -2.41. The highest BCUT2D eigenvalue weighted by Gasteiger charge is 2.31. The summed E-state index contributed by atoms with van der Waals surface area (Å²) < 4.78 is 5.11. The predicted molar refractivity (Wildman–Crippen MR) is 55.1 cm³/mol. The minimum Gasteiger partial charge on any atom is -0.383 e. The van der Waals surface area contributed by atoms with Gasteiger partial charge in [0.15, 0.2) is 0 Å². The van der Waals surface area contributed by atoms with Crippen molar-refractivity contribution in [1.82, 2.24) is 10.2 Å². The van der Waals surface area contributed by atoms with Crippen LogP contribution < -0.4 is 5.32 Å². The number of ether oxygens (including phenoxy) is 1. The first-order chi connectivity index (χ1) is 6.65. The number of carbonyl (C=O) groups excluding carboxylic acids is 1. The quantitative estimate of drug-likeness (QED) is 0.660. The molecule has 0 aromatic rings. The number of rotatable bonds is 6. The van der Waals surface area contributed by atoms with Crippen molar-refractivity contribution < 1.29 is 9.53 Å². The Kier molecular flexibility index (Phi) is 4.35. The third kappa shape index (κ3) is 3.64. The molecule has 1 amide bonds. The summed E-state index contributed by atoms with van der Waals surface area (Å²) in [5.41, 5.74) is 0. The zero-order valence-corrected chi connectivity index (χ0v) is 9.25. The molecule has 4 heteroatoms. The van der Waals surface area contributed by atoms with Crippen LogP contribution in [0.3, 0.4) is 0 Å². The second-order valence-corrected chi connectivity index (χ2v) is 4.07. The normalized spacial score (nSPS) is 17.9. The lowest BCUT2D eigenvalue weighted by molar-refractivity contribution is -0.127. The molecule has 0 spiro atoms. The second-order valence-electron chi connectivity index (χ2n) is 4.07. The van der Waals surface area contributed by atoms with Crippen molar-refractivity contribution in [1.29, 1.82) is 0 Å². The van der Waals surface area contributed by atoms with Gasteiger partial charge in [0.1, 0.15) is 0 Å². The van der Waals surface area contributed by atoms with Gasteiger partial charge in [-0.05, 0) is 18.8 Å². The fourth-order valence-corrected chi connectivity index (χ4v) is 1.42. The van der Waals surface area contributed by atoms with Crippen LogP contribution >= 0.6 is 0 Å². The third-order valence-electron chi connectivity index (χ3n) is 2.55. The highest BCUT2D eigenvalue weighted by atomic mass is 16.5. The highest BCUT2D eigenvalue weighted by molar-refractivity contribution is 5.77. The Balaban J connectivity index is 2.22. The van der Waals surface area contributed by atoms with Crippen LogP contribution in [0.4, 0.5) is 0 Å². The van der Waals surface area contributed by atoms with E-state index in [-0.39, 0.29) is 5.91 Å². The molecule has 0 aromatic carbocycles. The predicted octanol–water partition coefficient (Wildman–Crippen LogP) is 0.0892. The van der Waals surface area contributed by atoms with Gasteiger partial charge < -0.3 is 15.0 Å². The zero-order chi connectivity index (χ0) is 10.6. The highest BCUT2D eigenvalue weighted by Crippen LogP contribution is 2.32. The smallest absolute Gasteiger partial charge is 0.236 e. The molecule has 1 N–H and O–H groups in total. The summed E-state index contributed by atoms with van der Waals surface area (Å²) in [4.78, 5) is 12.9. The molecule has 0 aromatic heterocycles. The van der Waals surface area contributed by atoms with Gasteiger partial charge in [-0.2, -0.15) is 0 Å². The van der Waals surface area contributed by atoms with E-state index in [1.807, 2.05) is 0 Å². The summed E-state index contributed by atoms with van der Waals surface area (Å²) in [5, 5.41) is 3.25. The maximum Gasteiger partial charge on any atom is 0.236 e. The molecule has 1 rings (SSSR count). The van der Waals surface area contributed by atoms with E-state index in [9.17, 15) is 4.79 Å². The number of methoxy groups -OCH3 is 1. The molecule has 1 saturated carbocycles. The van der Waals surface area contributed by atoms with E-state index < -0.39 is 0 Å². The van der Waals surface area contributed by atoms with Gasteiger partial charge in [0.25, 0.3) is 0 Å². The maximum atomic E-state index is 11.3. The molecule has 1 atom stereocenters. The van der Waals surface area contributed by atoms with Gasteiger partial charge in [0, 0.05) is 27.2 Å². The van der Waals surface area contributed by atoms with Crippen molar-refractivity contribution in [3.8, 4) is 0 Å². The Morgan fingerprint density at radius 3 is 2.64 bits per heavy atom. The van der Waals surface area contributed by atoms with Crippen LogP contribution in [0.15, 0.2) is 0 Å². The number of carbonyl (C=O) groups is 1. The summed E-state index contributed by atoms with van der Waals surface area (Å²) in [6.07, 6.45) is 2.52. The number of nitrogens with zero attached hydrogens (tertiary/aromatic N) is 1. The van der Waals surface area contributed by atoms with Crippen LogP contribution in [0.5, 0.6) is 0 Å². The molecule has 82 valence electrons. The maximum absolute atomic E-state index is 11.3. The lowest BCUT2D eigenvalue weighted by atomic mass is 10.2. The van der Waals surface area contributed by atoms with Gasteiger partial charge >= 0.3 is 0 Å². The molecule has 1 unspecified atom stereocenters. The molecule has 0 saturated heterocycles. The van der Waals surface area contributed by atoms with Crippen LogP contribution in [-0.4, -0.2) is 51.2 Å². The van der Waals surface area contributed by atoms with Crippen molar-refractivity contribution in [3.05, 3.63) is 0 Å². The molecule has 0 heterocycles. The molecular weight excluding hydrogens is 180 g/mol. The third-order valence-corrected chi connectivity index (χ3v) is 2.55. The Morgan fingerprint density at radius 2 is 2.21 bits per heavy atom. The van der Waals surface area contributed by atoms with E-state index in [0.717, 1.165) is 0 Å². The van der Waals surface area contributed by atoms with Crippen molar-refractivity contribution >= 4 is 5.91 Å². The molecule has 1 aliphatic rings. The average Bonchev–Trinajstić information content (AvgIpc) is 2.94. The largest absolute Gasteiger partial charge is 0.383 e. The summed E-state index contributed by atoms with van der Waals surface area (Å²) in [6.45, 7) is 1.11. The van der Waals surface area contributed by atoms with Crippen LogP contribution in [0, 0.1) is 5.92 Å². The average molecular weight is 200 g/mol. The molecule has 0 aliphatic heterocycles. The van der Waals surface area contributed by atoms with E-state index in [1.165, 1.54) is 12.8 Å². The molecule has 0 radical (unpaired) electrons. The van der Waals surface area contributed by atoms with E-state index >= 15 is 0 Å². The topological polar surface area (TPSA) is 41.6 Å². The SMILES string of the molecule is COCC(NCC(=O)N(C)C)C1CC1.